The van der Waals surface area contributed by atoms with Gasteiger partial charge in [0.2, 0.25) is 26.2 Å². The smallest absolute Gasteiger partial charge is 0.372 e. The lowest BCUT2D eigenvalue weighted by Gasteiger charge is -2.02. The fraction of sp³-hybridized carbons (Fsp3) is 0.294. The summed E-state index contributed by atoms with van der Waals surface area (Å²) < 4.78 is 17.1. The summed E-state index contributed by atoms with van der Waals surface area (Å²) in [6, 6.07) is 15.7. The molecule has 0 atom stereocenters. The topological polar surface area (TPSA) is 102 Å². The molecule has 0 saturated carbocycles. The van der Waals surface area contributed by atoms with Crippen molar-refractivity contribution < 1.29 is 106 Å². The molecule has 0 bridgehead atoms. The maximum atomic E-state index is 11.5. The lowest BCUT2D eigenvalue weighted by Crippen LogP contribution is -3.00. The van der Waals surface area contributed by atoms with Crippen molar-refractivity contribution in [3.8, 4) is 22.3 Å². The maximum absolute atomic E-state index is 11.5. The zero-order valence-corrected chi connectivity index (χ0v) is 31.9. The highest BCUT2D eigenvalue weighted by Gasteiger charge is 2.13. The number of Topliss-reactive ketones (excluding diaryl/α,β-unsaturated/α-hetero) is 2. The van der Waals surface area contributed by atoms with E-state index in [4.69, 9.17) is 9.47 Å². The molecule has 0 saturated heterocycles. The van der Waals surface area contributed by atoms with Crippen LogP contribution in [0.4, 0.5) is 0 Å². The quantitative estimate of drug-likeness (QED) is 0.104. The van der Waals surface area contributed by atoms with Crippen molar-refractivity contribution >= 4 is 23.5 Å². The minimum atomic E-state index is -0.255. The van der Waals surface area contributed by atoms with Crippen LogP contribution in [0.25, 0.3) is 22.3 Å². The number of aromatic nitrogens is 4. The van der Waals surface area contributed by atoms with Gasteiger partial charge in [0.25, 0.3) is 0 Å². The van der Waals surface area contributed by atoms with E-state index >= 15 is 0 Å². The van der Waals surface area contributed by atoms with E-state index < -0.39 is 0 Å². The first-order chi connectivity index (χ1) is 21.2. The van der Waals surface area contributed by atoms with E-state index in [1.54, 1.807) is 36.8 Å². The molecule has 0 aliphatic heterocycles. The van der Waals surface area contributed by atoms with Gasteiger partial charge in [-0.2, -0.15) is 18.3 Å². The Hall–Kier alpha value is -3.58. The predicted molar refractivity (Wildman–Crippen MR) is 159 cm³/mol. The summed E-state index contributed by atoms with van der Waals surface area (Å²) in [5.74, 6) is -0.245. The minimum absolute atomic E-state index is 0. The Morgan fingerprint density at radius 2 is 0.667 bits per heavy atom. The van der Waals surface area contributed by atoms with E-state index in [1.807, 2.05) is 107 Å². The zero-order valence-electron chi connectivity index (χ0n) is 27.2. The fourth-order valence-corrected chi connectivity index (χ4v) is 4.25. The van der Waals surface area contributed by atoms with Crippen LogP contribution in [-0.2, 0) is 54.8 Å². The molecule has 0 aromatic carbocycles. The second-order valence-corrected chi connectivity index (χ2v) is 10.1. The van der Waals surface area contributed by atoms with Gasteiger partial charge in [-0.15, -0.1) is 0 Å². The number of hydrogen-bond acceptors (Lipinski definition) is 6. The summed E-state index contributed by atoms with van der Waals surface area (Å²) in [7, 11) is 0. The number of ether oxygens (including phenoxy) is 2. The van der Waals surface area contributed by atoms with Crippen LogP contribution in [0.2, 0.25) is 0 Å². The number of halogens is 4. The molecular weight excluding hydrogens is 791 g/mol. The Kier molecular flexibility index (Phi) is 23.8. The van der Waals surface area contributed by atoms with E-state index in [1.165, 1.54) is 0 Å². The van der Waals surface area contributed by atoms with Gasteiger partial charge >= 0.3 is 11.9 Å². The summed E-state index contributed by atoms with van der Waals surface area (Å²) >= 11 is 0. The highest BCUT2D eigenvalue weighted by molar-refractivity contribution is 5.74. The van der Waals surface area contributed by atoms with Crippen molar-refractivity contribution in [2.24, 2.45) is 0 Å². The summed E-state index contributed by atoms with van der Waals surface area (Å²) in [5, 5.41) is 0. The lowest BCUT2D eigenvalue weighted by atomic mass is 10.1. The van der Waals surface area contributed by atoms with Crippen molar-refractivity contribution in [1.29, 1.82) is 0 Å². The molecule has 48 heavy (non-hydrogen) atoms. The lowest BCUT2D eigenvalue weighted by molar-refractivity contribution is -0.686. The Bertz CT molecular complexity index is 1440. The number of rotatable bonds is 12. The summed E-state index contributed by atoms with van der Waals surface area (Å²) in [5.41, 5.74) is 4.22. The number of nitrogens with zero attached hydrogens (tertiary/aromatic N) is 4. The van der Waals surface area contributed by atoms with Crippen LogP contribution >= 0.6 is 0 Å². The molecular formula is C34H40Br2Cl2N4O6. The standard InChI is InChI=1S/C18H22N2O4.C16H18N2O2.2BrH.2ClH/c1-3-23-17(21)13-19-9-5-15(6-10-19)16-7-11-20(12-8-16)14-18(22)24-4-2;1-13(19)11-17-7-3-15(4-8-17)16-5-9-18(10-6-16)12-14(2)20;;;;/h5-12H,3-4,13-14H2,1-2H3;3-10H,11-12H2,1-2H3;4*1H/q2*+2;;;;/p-4. The predicted octanol–water partition coefficient (Wildman–Crippen LogP) is -9.82. The number of esters is 2. The summed E-state index contributed by atoms with van der Waals surface area (Å²) in [6.45, 7) is 8.68. The van der Waals surface area contributed by atoms with Gasteiger partial charge in [-0.05, 0) is 36.1 Å². The number of carbonyl (C=O) groups excluding carboxylic acids is 4. The van der Waals surface area contributed by atoms with Crippen LogP contribution in [0.3, 0.4) is 0 Å². The second kappa shape index (κ2) is 24.5. The van der Waals surface area contributed by atoms with Gasteiger partial charge in [-0.25, -0.2) is 9.59 Å². The molecule has 14 heteroatoms. The van der Waals surface area contributed by atoms with Crippen molar-refractivity contribution in [2.45, 2.75) is 53.9 Å². The molecule has 0 N–H and O–H groups in total. The fourth-order valence-electron chi connectivity index (χ4n) is 4.25. The van der Waals surface area contributed by atoms with Crippen molar-refractivity contribution in [3.05, 3.63) is 98.1 Å². The van der Waals surface area contributed by atoms with E-state index in [0.717, 1.165) is 22.3 Å². The van der Waals surface area contributed by atoms with Gasteiger partial charge in [-0.1, -0.05) is 0 Å². The summed E-state index contributed by atoms with van der Waals surface area (Å²) in [6.07, 6.45) is 14.9. The third-order valence-electron chi connectivity index (χ3n) is 6.28. The molecule has 10 nitrogen and oxygen atoms in total. The first-order valence-electron chi connectivity index (χ1n) is 14.4. The average Bonchev–Trinajstić information content (AvgIpc) is 2.99. The Balaban J connectivity index is 0. The first kappa shape index (κ1) is 46.5. The van der Waals surface area contributed by atoms with Crippen molar-refractivity contribution in [1.82, 2.24) is 0 Å². The number of hydrogen-bond donors (Lipinski definition) is 0. The van der Waals surface area contributed by atoms with E-state index in [-0.39, 0.29) is 95.4 Å². The van der Waals surface area contributed by atoms with Crippen LogP contribution in [0, 0.1) is 0 Å². The van der Waals surface area contributed by atoms with Gasteiger partial charge in [0.05, 0.1) is 13.2 Å². The van der Waals surface area contributed by atoms with E-state index in [9.17, 15) is 19.2 Å². The van der Waals surface area contributed by atoms with Crippen LogP contribution in [-0.4, -0.2) is 36.7 Å². The number of carbonyl (C=O) groups is 4. The molecule has 4 rings (SSSR count). The Morgan fingerprint density at radius 3 is 0.854 bits per heavy atom. The highest BCUT2D eigenvalue weighted by atomic mass is 79.9. The molecule has 4 aromatic heterocycles. The molecule has 4 heterocycles. The van der Waals surface area contributed by atoms with Gasteiger partial charge < -0.3 is 68.3 Å². The average molecular weight is 831 g/mol. The largest absolute Gasteiger partial charge is 1.00 e. The molecule has 0 spiro atoms. The zero-order chi connectivity index (χ0) is 31.9. The molecule has 0 fully saturated rings. The van der Waals surface area contributed by atoms with Gasteiger partial charge in [0, 0.05) is 62.4 Å². The van der Waals surface area contributed by atoms with Crippen LogP contribution < -0.4 is 77.0 Å². The normalized spacial score (nSPS) is 9.42. The Labute approximate surface area is 315 Å². The SMILES string of the molecule is CC(=O)C[n+]1ccc(-c2cc[n+](CC(C)=O)cc2)cc1.CCOC(=O)C[n+]1ccc(-c2cc[n+](CC(=O)OCC)cc2)cc1.[Br-].[Br-].[Cl-].[Cl-]. The molecule has 0 unspecified atom stereocenters. The minimum Gasteiger partial charge on any atom is -1.00 e. The number of pyridine rings is 4. The maximum Gasteiger partial charge on any atom is 0.372 e. The molecule has 0 aliphatic carbocycles. The van der Waals surface area contributed by atoms with Crippen LogP contribution in [0.5, 0.6) is 0 Å². The highest BCUT2D eigenvalue weighted by Crippen LogP contribution is 2.16. The molecule has 0 amide bonds. The Morgan fingerprint density at radius 1 is 0.458 bits per heavy atom. The summed E-state index contributed by atoms with van der Waals surface area (Å²) in [4.78, 5) is 45.0. The van der Waals surface area contributed by atoms with Gasteiger partial charge in [-0.3, -0.25) is 9.59 Å². The molecule has 4 aromatic rings. The van der Waals surface area contributed by atoms with E-state index in [2.05, 4.69) is 0 Å². The van der Waals surface area contributed by atoms with Gasteiger partial charge in [0.15, 0.2) is 61.1 Å². The molecule has 0 radical (unpaired) electrons. The van der Waals surface area contributed by atoms with Crippen LogP contribution in [0.1, 0.15) is 27.7 Å². The first-order valence-corrected chi connectivity index (χ1v) is 14.4. The molecule has 260 valence electrons. The number of ketones is 2. The monoisotopic (exact) mass is 828 g/mol. The van der Waals surface area contributed by atoms with E-state index in [0.29, 0.717) is 26.3 Å². The van der Waals surface area contributed by atoms with Crippen LogP contribution in [0.15, 0.2) is 98.1 Å². The second-order valence-electron chi connectivity index (χ2n) is 10.1. The molecule has 0 aliphatic rings. The third kappa shape index (κ3) is 16.5. The van der Waals surface area contributed by atoms with Crippen molar-refractivity contribution in [3.63, 3.8) is 0 Å². The third-order valence-corrected chi connectivity index (χ3v) is 6.28. The van der Waals surface area contributed by atoms with Crippen molar-refractivity contribution in [2.75, 3.05) is 13.2 Å². The van der Waals surface area contributed by atoms with Gasteiger partial charge in [0.1, 0.15) is 0 Å².